The van der Waals surface area contributed by atoms with Gasteiger partial charge in [-0.05, 0) is 42.9 Å². The molecule has 0 amide bonds. The van der Waals surface area contributed by atoms with E-state index >= 15 is 0 Å². The number of anilines is 1. The van der Waals surface area contributed by atoms with Crippen LogP contribution in [0.4, 0.5) is 5.82 Å². The quantitative estimate of drug-likeness (QED) is 0.804. The largest absolute Gasteiger partial charge is 0.383 e. The highest BCUT2D eigenvalue weighted by atomic mass is 15.3. The lowest BCUT2D eigenvalue weighted by Crippen LogP contribution is -1.99. The molecule has 1 aromatic carbocycles. The molecule has 0 unspecified atom stereocenters. The summed E-state index contributed by atoms with van der Waals surface area (Å²) >= 11 is 0. The molecular weight excluding hydrogens is 298 g/mol. The van der Waals surface area contributed by atoms with Crippen molar-refractivity contribution in [3.63, 3.8) is 0 Å². The summed E-state index contributed by atoms with van der Waals surface area (Å²) in [4.78, 5) is 8.65. The number of nitrogen functional groups attached to an aromatic ring is 1. The summed E-state index contributed by atoms with van der Waals surface area (Å²) in [5.74, 6) is 0.534. The van der Waals surface area contributed by atoms with Crippen molar-refractivity contribution in [2.75, 3.05) is 5.73 Å². The molecule has 1 fully saturated rings. The van der Waals surface area contributed by atoms with Crippen molar-refractivity contribution in [3.05, 3.63) is 53.0 Å². The Kier molecular flexibility index (Phi) is 2.80. The minimum Gasteiger partial charge on any atom is -0.383 e. The predicted molar refractivity (Wildman–Crippen MR) is 94.5 cm³/mol. The zero-order valence-electron chi connectivity index (χ0n) is 13.7. The monoisotopic (exact) mass is 317 g/mol. The van der Waals surface area contributed by atoms with Gasteiger partial charge < -0.3 is 5.73 Å². The van der Waals surface area contributed by atoms with E-state index in [1.165, 1.54) is 41.4 Å². The highest BCUT2D eigenvalue weighted by Gasteiger charge is 2.30. The molecule has 3 aromatic rings. The molecule has 2 aromatic heterocycles. The molecule has 0 aliphatic heterocycles. The van der Waals surface area contributed by atoms with Crippen molar-refractivity contribution in [3.8, 4) is 0 Å². The Morgan fingerprint density at radius 2 is 2.04 bits per heavy atom. The standard InChI is InChI=1S/C19H19N5/c1-11-8-12-4-2-3-5-14(12)15(11)9-16-17-18(20)21-10-22-19(17)24(23-16)13-6-7-13/h2-5,10,13H,6-9H2,1H3,(H2,20,21,22). The lowest BCUT2D eigenvalue weighted by Gasteiger charge is -2.05. The second kappa shape index (κ2) is 4.90. The van der Waals surface area contributed by atoms with Gasteiger partial charge in [0.15, 0.2) is 5.65 Å². The van der Waals surface area contributed by atoms with Crippen LogP contribution in [0.3, 0.4) is 0 Å². The van der Waals surface area contributed by atoms with Crippen molar-refractivity contribution in [1.29, 1.82) is 0 Å². The third kappa shape index (κ3) is 1.97. The number of rotatable bonds is 3. The first kappa shape index (κ1) is 13.7. The second-order valence-electron chi connectivity index (χ2n) is 6.85. The van der Waals surface area contributed by atoms with Crippen molar-refractivity contribution < 1.29 is 0 Å². The Bertz CT molecular complexity index is 994. The van der Waals surface area contributed by atoms with E-state index < -0.39 is 0 Å². The number of fused-ring (bicyclic) bond motifs is 2. The van der Waals surface area contributed by atoms with Crippen LogP contribution >= 0.6 is 0 Å². The summed E-state index contributed by atoms with van der Waals surface area (Å²) in [6.45, 7) is 2.22. The maximum absolute atomic E-state index is 6.17. The minimum absolute atomic E-state index is 0.474. The van der Waals surface area contributed by atoms with Gasteiger partial charge in [-0.1, -0.05) is 29.8 Å². The van der Waals surface area contributed by atoms with E-state index in [1.54, 1.807) is 0 Å². The fourth-order valence-corrected chi connectivity index (χ4v) is 3.77. The summed E-state index contributed by atoms with van der Waals surface area (Å²) in [5, 5.41) is 5.81. The molecule has 5 nitrogen and oxygen atoms in total. The molecule has 1 saturated carbocycles. The SMILES string of the molecule is CC1=C(Cc2nn(C3CC3)c3ncnc(N)c23)c2ccccc2C1. The first-order chi connectivity index (χ1) is 11.7. The van der Waals surface area contributed by atoms with E-state index in [4.69, 9.17) is 10.8 Å². The third-order valence-corrected chi connectivity index (χ3v) is 5.14. The van der Waals surface area contributed by atoms with Gasteiger partial charge in [-0.2, -0.15) is 5.10 Å². The molecule has 0 spiro atoms. The van der Waals surface area contributed by atoms with Gasteiger partial charge in [0, 0.05) is 6.42 Å². The molecule has 2 aliphatic rings. The van der Waals surface area contributed by atoms with E-state index in [0.29, 0.717) is 11.9 Å². The Morgan fingerprint density at radius 1 is 1.21 bits per heavy atom. The van der Waals surface area contributed by atoms with E-state index in [-0.39, 0.29) is 0 Å². The van der Waals surface area contributed by atoms with E-state index in [2.05, 4.69) is 45.8 Å². The van der Waals surface area contributed by atoms with Gasteiger partial charge in [-0.15, -0.1) is 0 Å². The van der Waals surface area contributed by atoms with Crippen LogP contribution in [0.2, 0.25) is 0 Å². The summed E-state index contributed by atoms with van der Waals surface area (Å²) in [6, 6.07) is 9.11. The fourth-order valence-electron chi connectivity index (χ4n) is 3.77. The lowest BCUT2D eigenvalue weighted by molar-refractivity contribution is 0.649. The molecule has 0 atom stereocenters. The van der Waals surface area contributed by atoms with Crippen LogP contribution in [0.5, 0.6) is 0 Å². The Morgan fingerprint density at radius 3 is 2.88 bits per heavy atom. The van der Waals surface area contributed by atoms with Crippen molar-refractivity contribution in [2.45, 2.75) is 38.6 Å². The van der Waals surface area contributed by atoms with Crippen LogP contribution in [-0.2, 0) is 12.8 Å². The molecule has 24 heavy (non-hydrogen) atoms. The molecule has 0 saturated heterocycles. The van der Waals surface area contributed by atoms with Gasteiger partial charge in [-0.25, -0.2) is 14.6 Å². The highest BCUT2D eigenvalue weighted by Crippen LogP contribution is 2.40. The Labute approximate surface area is 140 Å². The molecule has 0 radical (unpaired) electrons. The maximum Gasteiger partial charge on any atom is 0.163 e. The zero-order chi connectivity index (χ0) is 16.3. The number of benzene rings is 1. The maximum atomic E-state index is 6.17. The number of nitrogens with zero attached hydrogens (tertiary/aromatic N) is 4. The number of hydrogen-bond donors (Lipinski definition) is 1. The van der Waals surface area contributed by atoms with E-state index in [0.717, 1.165) is 29.6 Å². The fraction of sp³-hybridized carbons (Fsp3) is 0.316. The topological polar surface area (TPSA) is 69.6 Å². The molecule has 2 aliphatic carbocycles. The summed E-state index contributed by atoms with van der Waals surface area (Å²) in [5.41, 5.74) is 13.6. The van der Waals surface area contributed by atoms with Crippen LogP contribution in [0.15, 0.2) is 36.2 Å². The van der Waals surface area contributed by atoms with Crippen LogP contribution in [0, 0.1) is 0 Å². The van der Waals surface area contributed by atoms with Gasteiger partial charge in [0.1, 0.15) is 12.1 Å². The lowest BCUT2D eigenvalue weighted by atomic mass is 10.00. The van der Waals surface area contributed by atoms with Crippen LogP contribution in [0.1, 0.15) is 42.6 Å². The molecule has 2 N–H and O–H groups in total. The van der Waals surface area contributed by atoms with Gasteiger partial charge in [-0.3, -0.25) is 0 Å². The van der Waals surface area contributed by atoms with Crippen LogP contribution < -0.4 is 5.73 Å². The van der Waals surface area contributed by atoms with E-state index in [9.17, 15) is 0 Å². The molecule has 2 heterocycles. The molecule has 5 heteroatoms. The first-order valence-corrected chi connectivity index (χ1v) is 8.47. The van der Waals surface area contributed by atoms with Crippen molar-refractivity contribution >= 4 is 22.4 Å². The number of hydrogen-bond acceptors (Lipinski definition) is 4. The highest BCUT2D eigenvalue weighted by molar-refractivity contribution is 5.90. The predicted octanol–water partition coefficient (Wildman–Crippen LogP) is 3.32. The average Bonchev–Trinajstić information content (AvgIpc) is 3.28. The normalized spacial score (nSPS) is 16.9. The van der Waals surface area contributed by atoms with Gasteiger partial charge in [0.25, 0.3) is 0 Å². The smallest absolute Gasteiger partial charge is 0.163 e. The summed E-state index contributed by atoms with van der Waals surface area (Å²) in [6.07, 6.45) is 5.70. The van der Waals surface area contributed by atoms with Crippen LogP contribution in [-0.4, -0.2) is 19.7 Å². The number of nitrogens with two attached hydrogens (primary N) is 1. The first-order valence-electron chi connectivity index (χ1n) is 8.47. The Balaban J connectivity index is 1.65. The van der Waals surface area contributed by atoms with Gasteiger partial charge >= 0.3 is 0 Å². The van der Waals surface area contributed by atoms with Crippen molar-refractivity contribution in [2.24, 2.45) is 0 Å². The molecular formula is C19H19N5. The second-order valence-corrected chi connectivity index (χ2v) is 6.85. The summed E-state index contributed by atoms with van der Waals surface area (Å²) < 4.78 is 2.06. The summed E-state index contributed by atoms with van der Waals surface area (Å²) in [7, 11) is 0. The van der Waals surface area contributed by atoms with E-state index in [1.807, 2.05) is 0 Å². The third-order valence-electron chi connectivity index (χ3n) is 5.14. The average molecular weight is 317 g/mol. The molecule has 5 rings (SSSR count). The number of aromatic nitrogens is 4. The number of allylic oxidation sites excluding steroid dienone is 2. The minimum atomic E-state index is 0.474. The van der Waals surface area contributed by atoms with Crippen molar-refractivity contribution in [1.82, 2.24) is 19.7 Å². The van der Waals surface area contributed by atoms with Crippen LogP contribution in [0.25, 0.3) is 16.6 Å². The van der Waals surface area contributed by atoms with Gasteiger partial charge in [0.2, 0.25) is 0 Å². The molecule has 120 valence electrons. The zero-order valence-corrected chi connectivity index (χ0v) is 13.7. The molecule has 0 bridgehead atoms. The van der Waals surface area contributed by atoms with Gasteiger partial charge in [0.05, 0.1) is 17.1 Å². The Hall–Kier alpha value is -2.69.